The van der Waals surface area contributed by atoms with Gasteiger partial charge in [0.25, 0.3) is 5.91 Å². The van der Waals surface area contributed by atoms with Crippen molar-refractivity contribution in [2.45, 2.75) is 17.7 Å². The number of hydrogen-bond acceptors (Lipinski definition) is 7. The number of thiophene rings is 1. The third kappa shape index (κ3) is 3.65. The minimum Gasteiger partial charge on any atom is -0.296 e. The molecule has 0 saturated carbocycles. The highest BCUT2D eigenvalue weighted by Gasteiger charge is 2.32. The zero-order valence-electron chi connectivity index (χ0n) is 14.2. The number of anilines is 1. The van der Waals surface area contributed by atoms with Crippen LogP contribution < -0.4 is 5.32 Å². The van der Waals surface area contributed by atoms with Gasteiger partial charge in [-0.2, -0.15) is 13.7 Å². The van der Waals surface area contributed by atoms with Gasteiger partial charge in [-0.15, -0.1) is 11.3 Å². The van der Waals surface area contributed by atoms with Crippen LogP contribution >= 0.6 is 22.9 Å². The van der Waals surface area contributed by atoms with Gasteiger partial charge in [0, 0.05) is 30.2 Å². The van der Waals surface area contributed by atoms with Crippen LogP contribution in [0, 0.1) is 0 Å². The van der Waals surface area contributed by atoms with Gasteiger partial charge in [0.05, 0.1) is 0 Å². The van der Waals surface area contributed by atoms with Gasteiger partial charge in [0.15, 0.2) is 5.82 Å². The molecular formula is C17H16N4O3S3. The lowest BCUT2D eigenvalue weighted by atomic mass is 10.2. The Kier molecular flexibility index (Phi) is 5.04. The summed E-state index contributed by atoms with van der Waals surface area (Å²) in [7, 11) is -3.65. The van der Waals surface area contributed by atoms with Crippen molar-refractivity contribution in [1.82, 2.24) is 13.7 Å². The fourth-order valence-electron chi connectivity index (χ4n) is 2.87. The van der Waals surface area contributed by atoms with Crippen LogP contribution in [0.25, 0.3) is 11.4 Å². The quantitative estimate of drug-likeness (QED) is 0.684. The molecule has 1 aliphatic rings. The number of sulfonamides is 1. The van der Waals surface area contributed by atoms with E-state index < -0.39 is 15.9 Å². The number of rotatable bonds is 5. The van der Waals surface area contributed by atoms with E-state index in [1.807, 2.05) is 30.3 Å². The van der Waals surface area contributed by atoms with E-state index in [0.29, 0.717) is 24.0 Å². The van der Waals surface area contributed by atoms with Crippen molar-refractivity contribution in [2.24, 2.45) is 0 Å². The molecule has 0 bridgehead atoms. The van der Waals surface area contributed by atoms with Gasteiger partial charge in [-0.1, -0.05) is 30.3 Å². The summed E-state index contributed by atoms with van der Waals surface area (Å²) >= 11 is 2.16. The zero-order valence-corrected chi connectivity index (χ0v) is 16.6. The third-order valence-electron chi connectivity index (χ3n) is 4.20. The first-order valence-electron chi connectivity index (χ1n) is 8.34. The van der Waals surface area contributed by atoms with E-state index >= 15 is 0 Å². The summed E-state index contributed by atoms with van der Waals surface area (Å²) in [6, 6.07) is 10.9. The fraction of sp³-hybridized carbons (Fsp3) is 0.235. The molecule has 1 amide bonds. The predicted octanol–water partition coefficient (Wildman–Crippen LogP) is 3.30. The Morgan fingerprint density at radius 1 is 1.11 bits per heavy atom. The average Bonchev–Trinajstić information content (AvgIpc) is 3.42. The SMILES string of the molecule is O=C(Nc1nc(-c2ccccc2)ns1)c1sccc1S(=O)(=O)N1CCCC1. The van der Waals surface area contributed by atoms with E-state index in [2.05, 4.69) is 14.7 Å². The molecule has 0 radical (unpaired) electrons. The normalized spacial score (nSPS) is 15.1. The molecule has 1 fully saturated rings. The molecule has 3 heterocycles. The Morgan fingerprint density at radius 3 is 2.59 bits per heavy atom. The molecule has 1 saturated heterocycles. The molecule has 1 N–H and O–H groups in total. The minimum atomic E-state index is -3.65. The molecule has 140 valence electrons. The van der Waals surface area contributed by atoms with Crippen LogP contribution in [0.2, 0.25) is 0 Å². The Labute approximate surface area is 164 Å². The summed E-state index contributed by atoms with van der Waals surface area (Å²) in [6.07, 6.45) is 1.69. The first-order valence-corrected chi connectivity index (χ1v) is 11.4. The van der Waals surface area contributed by atoms with Crippen molar-refractivity contribution in [3.8, 4) is 11.4 Å². The second-order valence-corrected chi connectivity index (χ2v) is 9.54. The second kappa shape index (κ2) is 7.47. The van der Waals surface area contributed by atoms with Crippen LogP contribution in [-0.4, -0.2) is 41.1 Å². The molecule has 4 rings (SSSR count). The summed E-state index contributed by atoms with van der Waals surface area (Å²) in [6.45, 7) is 0.992. The molecule has 7 nitrogen and oxygen atoms in total. The predicted molar refractivity (Wildman–Crippen MR) is 106 cm³/mol. The van der Waals surface area contributed by atoms with Crippen LogP contribution in [0.3, 0.4) is 0 Å². The summed E-state index contributed by atoms with van der Waals surface area (Å²) in [4.78, 5) is 17.2. The molecule has 3 aromatic rings. The van der Waals surface area contributed by atoms with E-state index in [-0.39, 0.29) is 9.77 Å². The van der Waals surface area contributed by atoms with E-state index in [9.17, 15) is 13.2 Å². The van der Waals surface area contributed by atoms with Crippen LogP contribution in [0.5, 0.6) is 0 Å². The molecule has 0 atom stereocenters. The fourth-order valence-corrected chi connectivity index (χ4v) is 6.26. The number of nitrogens with one attached hydrogen (secondary N) is 1. The van der Waals surface area contributed by atoms with Crippen LogP contribution in [-0.2, 0) is 10.0 Å². The number of carbonyl (C=O) groups is 1. The number of amides is 1. The van der Waals surface area contributed by atoms with Crippen molar-refractivity contribution in [2.75, 3.05) is 18.4 Å². The Bertz CT molecular complexity index is 1050. The Hall–Kier alpha value is -2.14. The van der Waals surface area contributed by atoms with E-state index in [4.69, 9.17) is 0 Å². The Balaban J connectivity index is 1.55. The van der Waals surface area contributed by atoms with Crippen molar-refractivity contribution >= 4 is 43.9 Å². The second-order valence-electron chi connectivity index (χ2n) is 5.97. The highest BCUT2D eigenvalue weighted by atomic mass is 32.2. The van der Waals surface area contributed by atoms with Crippen LogP contribution in [0.1, 0.15) is 22.5 Å². The maximum absolute atomic E-state index is 12.8. The van der Waals surface area contributed by atoms with Gasteiger partial charge in [0.1, 0.15) is 9.77 Å². The van der Waals surface area contributed by atoms with Crippen LogP contribution in [0.15, 0.2) is 46.7 Å². The largest absolute Gasteiger partial charge is 0.296 e. The molecule has 27 heavy (non-hydrogen) atoms. The summed E-state index contributed by atoms with van der Waals surface area (Å²) in [5.41, 5.74) is 0.850. The zero-order chi connectivity index (χ0) is 18.9. The number of carbonyl (C=O) groups excluding carboxylic acids is 1. The molecule has 1 aromatic carbocycles. The van der Waals surface area contributed by atoms with E-state index in [1.165, 1.54) is 10.4 Å². The standard InChI is InChI=1S/C17H16N4O3S3/c22-16(19-17-18-15(20-26-17)12-6-2-1-3-7-12)14-13(8-11-25-14)27(23,24)21-9-4-5-10-21/h1-3,6-8,11H,4-5,9-10H2,(H,18,19,20,22). The lowest BCUT2D eigenvalue weighted by Gasteiger charge is -2.15. The molecule has 1 aliphatic heterocycles. The highest BCUT2D eigenvalue weighted by Crippen LogP contribution is 2.29. The highest BCUT2D eigenvalue weighted by molar-refractivity contribution is 7.89. The smallest absolute Gasteiger partial charge is 0.268 e. The first-order chi connectivity index (χ1) is 13.1. The van der Waals surface area contributed by atoms with Crippen LogP contribution in [0.4, 0.5) is 5.13 Å². The van der Waals surface area contributed by atoms with Gasteiger partial charge < -0.3 is 0 Å². The van der Waals surface area contributed by atoms with Gasteiger partial charge in [-0.25, -0.2) is 8.42 Å². The number of nitrogens with zero attached hydrogens (tertiary/aromatic N) is 3. The van der Waals surface area contributed by atoms with Crippen molar-refractivity contribution in [3.05, 3.63) is 46.7 Å². The molecular weight excluding hydrogens is 404 g/mol. The lowest BCUT2D eigenvalue weighted by molar-refractivity contribution is 0.102. The summed E-state index contributed by atoms with van der Waals surface area (Å²) < 4.78 is 31.3. The first kappa shape index (κ1) is 18.2. The average molecular weight is 421 g/mol. The maximum Gasteiger partial charge on any atom is 0.268 e. The van der Waals surface area contributed by atoms with E-state index in [0.717, 1.165) is 41.3 Å². The number of benzene rings is 1. The molecule has 0 unspecified atom stereocenters. The lowest BCUT2D eigenvalue weighted by Crippen LogP contribution is -2.29. The monoisotopic (exact) mass is 420 g/mol. The maximum atomic E-state index is 12.8. The summed E-state index contributed by atoms with van der Waals surface area (Å²) in [5.74, 6) is 0.0329. The molecule has 10 heteroatoms. The minimum absolute atomic E-state index is 0.0553. The van der Waals surface area contributed by atoms with Gasteiger partial charge in [0.2, 0.25) is 15.2 Å². The van der Waals surface area contributed by atoms with Gasteiger partial charge in [-0.05, 0) is 24.3 Å². The molecule has 0 spiro atoms. The third-order valence-corrected chi connectivity index (χ3v) is 7.81. The number of hydrogen-bond donors (Lipinski definition) is 1. The van der Waals surface area contributed by atoms with Crippen molar-refractivity contribution in [3.63, 3.8) is 0 Å². The van der Waals surface area contributed by atoms with E-state index in [1.54, 1.807) is 5.38 Å². The van der Waals surface area contributed by atoms with Crippen molar-refractivity contribution in [1.29, 1.82) is 0 Å². The number of aromatic nitrogens is 2. The summed E-state index contributed by atoms with van der Waals surface area (Å²) in [5, 5.41) is 4.62. The van der Waals surface area contributed by atoms with Crippen molar-refractivity contribution < 1.29 is 13.2 Å². The molecule has 0 aliphatic carbocycles. The van der Waals surface area contributed by atoms with Gasteiger partial charge in [-0.3, -0.25) is 10.1 Å². The topological polar surface area (TPSA) is 92.3 Å². The van der Waals surface area contributed by atoms with Gasteiger partial charge >= 0.3 is 0 Å². The Morgan fingerprint density at radius 2 is 1.85 bits per heavy atom. The molecule has 2 aromatic heterocycles.